The van der Waals surface area contributed by atoms with E-state index in [9.17, 15) is 0 Å². The number of ether oxygens (including phenoxy) is 1. The number of piperidine rings is 1. The molecule has 3 heteroatoms. The van der Waals surface area contributed by atoms with Crippen LogP contribution in [0.4, 0.5) is 0 Å². The maximum atomic E-state index is 5.71. The largest absolute Gasteiger partial charge is 0.492 e. The Balaban J connectivity index is 1.79. The van der Waals surface area contributed by atoms with Gasteiger partial charge in [0.2, 0.25) is 0 Å². The molecule has 1 aromatic heterocycles. The van der Waals surface area contributed by atoms with Crippen molar-refractivity contribution in [3.63, 3.8) is 0 Å². The van der Waals surface area contributed by atoms with Crippen LogP contribution >= 0.6 is 0 Å². The molecule has 82 valence electrons. The first-order chi connectivity index (χ1) is 7.34. The van der Waals surface area contributed by atoms with Gasteiger partial charge in [-0.25, -0.2) is 0 Å². The van der Waals surface area contributed by atoms with Crippen molar-refractivity contribution in [3.8, 4) is 5.75 Å². The van der Waals surface area contributed by atoms with E-state index in [0.717, 1.165) is 31.1 Å². The molecule has 2 heterocycles. The highest BCUT2D eigenvalue weighted by atomic mass is 16.5. The summed E-state index contributed by atoms with van der Waals surface area (Å²) in [6.07, 6.45) is 4.25. The number of aryl methyl sites for hydroxylation is 1. The summed E-state index contributed by atoms with van der Waals surface area (Å²) in [5, 5.41) is 3.35. The summed E-state index contributed by atoms with van der Waals surface area (Å²) in [7, 11) is 0. The summed E-state index contributed by atoms with van der Waals surface area (Å²) in [4.78, 5) is 4.21. The summed E-state index contributed by atoms with van der Waals surface area (Å²) in [6.45, 7) is 5.06. The third kappa shape index (κ3) is 3.20. The first-order valence-corrected chi connectivity index (χ1v) is 5.61. The zero-order chi connectivity index (χ0) is 10.5. The summed E-state index contributed by atoms with van der Waals surface area (Å²) < 4.78 is 5.71. The maximum Gasteiger partial charge on any atom is 0.137 e. The van der Waals surface area contributed by atoms with Gasteiger partial charge in [0, 0.05) is 5.69 Å². The highest BCUT2D eigenvalue weighted by Gasteiger charge is 2.13. The highest BCUT2D eigenvalue weighted by molar-refractivity contribution is 5.19. The number of nitrogens with one attached hydrogen (secondary N) is 1. The molecule has 0 radical (unpaired) electrons. The zero-order valence-corrected chi connectivity index (χ0v) is 9.20. The molecular formula is C12H18N2O. The Kier molecular flexibility index (Phi) is 3.56. The fourth-order valence-electron chi connectivity index (χ4n) is 1.80. The summed E-state index contributed by atoms with van der Waals surface area (Å²) in [5.74, 6) is 1.59. The Labute approximate surface area is 90.9 Å². The van der Waals surface area contributed by atoms with Crippen LogP contribution in [0, 0.1) is 12.8 Å². The number of hydrogen-bond acceptors (Lipinski definition) is 3. The lowest BCUT2D eigenvalue weighted by Gasteiger charge is -2.22. The van der Waals surface area contributed by atoms with Crippen molar-refractivity contribution in [3.05, 3.63) is 24.0 Å². The van der Waals surface area contributed by atoms with Gasteiger partial charge in [-0.3, -0.25) is 4.98 Å². The Morgan fingerprint density at radius 1 is 1.40 bits per heavy atom. The van der Waals surface area contributed by atoms with Crippen molar-refractivity contribution in [2.24, 2.45) is 5.92 Å². The van der Waals surface area contributed by atoms with Gasteiger partial charge in [0.15, 0.2) is 0 Å². The van der Waals surface area contributed by atoms with Gasteiger partial charge in [0.1, 0.15) is 5.75 Å². The second-order valence-corrected chi connectivity index (χ2v) is 4.14. The van der Waals surface area contributed by atoms with E-state index in [1.807, 2.05) is 19.1 Å². The van der Waals surface area contributed by atoms with Gasteiger partial charge < -0.3 is 10.1 Å². The monoisotopic (exact) mass is 206 g/mol. The fourth-order valence-corrected chi connectivity index (χ4v) is 1.80. The lowest BCUT2D eigenvalue weighted by molar-refractivity contribution is 0.214. The van der Waals surface area contributed by atoms with Gasteiger partial charge in [-0.2, -0.15) is 0 Å². The van der Waals surface area contributed by atoms with Crippen LogP contribution in [0.3, 0.4) is 0 Å². The predicted molar refractivity (Wildman–Crippen MR) is 60.1 cm³/mol. The van der Waals surface area contributed by atoms with Gasteiger partial charge >= 0.3 is 0 Å². The maximum absolute atomic E-state index is 5.71. The van der Waals surface area contributed by atoms with Crippen LogP contribution in [0.5, 0.6) is 5.75 Å². The van der Waals surface area contributed by atoms with Crippen molar-refractivity contribution in [1.82, 2.24) is 10.3 Å². The quantitative estimate of drug-likeness (QED) is 0.818. The second kappa shape index (κ2) is 5.12. The van der Waals surface area contributed by atoms with Crippen LogP contribution in [0.25, 0.3) is 0 Å². The number of nitrogens with zero attached hydrogens (tertiary/aromatic N) is 1. The molecule has 0 bridgehead atoms. The molecule has 0 saturated carbocycles. The molecule has 0 amide bonds. The summed E-state index contributed by atoms with van der Waals surface area (Å²) in [5.41, 5.74) is 1.03. The first-order valence-electron chi connectivity index (χ1n) is 5.61. The van der Waals surface area contributed by atoms with E-state index in [4.69, 9.17) is 4.74 Å². The molecule has 3 nitrogen and oxygen atoms in total. The Bertz CT molecular complexity index is 291. The minimum Gasteiger partial charge on any atom is -0.492 e. The molecule has 15 heavy (non-hydrogen) atoms. The van der Waals surface area contributed by atoms with Crippen LogP contribution in [0.15, 0.2) is 18.3 Å². The normalized spacial score (nSPS) is 17.7. The molecule has 0 aliphatic carbocycles. The predicted octanol–water partition coefficient (Wildman–Crippen LogP) is 1.77. The van der Waals surface area contributed by atoms with Gasteiger partial charge in [0.05, 0.1) is 12.8 Å². The molecule has 0 unspecified atom stereocenters. The van der Waals surface area contributed by atoms with Crippen LogP contribution in [0.2, 0.25) is 0 Å². The number of rotatable bonds is 3. The molecule has 1 aliphatic heterocycles. The van der Waals surface area contributed by atoms with E-state index in [0.29, 0.717) is 5.92 Å². The van der Waals surface area contributed by atoms with Gasteiger partial charge in [0.25, 0.3) is 0 Å². The zero-order valence-electron chi connectivity index (χ0n) is 9.20. The first kappa shape index (κ1) is 10.4. The van der Waals surface area contributed by atoms with Crippen LogP contribution in [0.1, 0.15) is 18.5 Å². The highest BCUT2D eigenvalue weighted by Crippen LogP contribution is 2.15. The van der Waals surface area contributed by atoms with Crippen molar-refractivity contribution < 1.29 is 4.74 Å². The molecule has 1 aromatic rings. The minimum absolute atomic E-state index is 0.701. The minimum atomic E-state index is 0.701. The smallest absolute Gasteiger partial charge is 0.137 e. The van der Waals surface area contributed by atoms with Gasteiger partial charge in [-0.1, -0.05) is 0 Å². The van der Waals surface area contributed by atoms with E-state index in [1.165, 1.54) is 12.8 Å². The molecule has 1 saturated heterocycles. The van der Waals surface area contributed by atoms with Gasteiger partial charge in [-0.15, -0.1) is 0 Å². The summed E-state index contributed by atoms with van der Waals surface area (Å²) >= 11 is 0. The van der Waals surface area contributed by atoms with Crippen LogP contribution in [-0.4, -0.2) is 24.7 Å². The Hall–Kier alpha value is -1.09. The lowest BCUT2D eigenvalue weighted by atomic mass is 9.99. The second-order valence-electron chi connectivity index (χ2n) is 4.14. The van der Waals surface area contributed by atoms with E-state index < -0.39 is 0 Å². The average Bonchev–Trinajstić information content (AvgIpc) is 2.30. The number of hydrogen-bond donors (Lipinski definition) is 1. The van der Waals surface area contributed by atoms with Crippen molar-refractivity contribution in [1.29, 1.82) is 0 Å². The fraction of sp³-hybridized carbons (Fsp3) is 0.583. The van der Waals surface area contributed by atoms with Crippen molar-refractivity contribution >= 4 is 0 Å². The standard InChI is InChI=1S/C12H18N2O/c1-10-2-3-12(8-14-10)15-9-11-4-6-13-7-5-11/h2-3,8,11,13H,4-7,9H2,1H3. The number of pyridine rings is 1. The SMILES string of the molecule is Cc1ccc(OCC2CCNCC2)cn1. The molecule has 0 atom stereocenters. The van der Waals surface area contributed by atoms with E-state index in [2.05, 4.69) is 10.3 Å². The van der Waals surface area contributed by atoms with Crippen molar-refractivity contribution in [2.75, 3.05) is 19.7 Å². The molecule has 1 N–H and O–H groups in total. The van der Waals surface area contributed by atoms with E-state index in [-0.39, 0.29) is 0 Å². The Morgan fingerprint density at radius 3 is 2.87 bits per heavy atom. The molecule has 0 aromatic carbocycles. The topological polar surface area (TPSA) is 34.1 Å². The Morgan fingerprint density at radius 2 is 2.20 bits per heavy atom. The average molecular weight is 206 g/mol. The lowest BCUT2D eigenvalue weighted by Crippen LogP contribution is -2.30. The molecule has 1 fully saturated rings. The molecular weight excluding hydrogens is 188 g/mol. The number of aromatic nitrogens is 1. The van der Waals surface area contributed by atoms with Gasteiger partial charge in [-0.05, 0) is 50.9 Å². The van der Waals surface area contributed by atoms with Crippen molar-refractivity contribution in [2.45, 2.75) is 19.8 Å². The van der Waals surface area contributed by atoms with Crippen LogP contribution < -0.4 is 10.1 Å². The third-order valence-corrected chi connectivity index (χ3v) is 2.83. The molecule has 2 rings (SSSR count). The van der Waals surface area contributed by atoms with E-state index in [1.54, 1.807) is 6.20 Å². The summed E-state index contributed by atoms with van der Waals surface area (Å²) in [6, 6.07) is 3.97. The molecule has 0 spiro atoms. The van der Waals surface area contributed by atoms with E-state index >= 15 is 0 Å². The molecule has 1 aliphatic rings. The van der Waals surface area contributed by atoms with Crippen LogP contribution in [-0.2, 0) is 0 Å². The third-order valence-electron chi connectivity index (χ3n) is 2.83.